The molecule has 3 aromatic rings. The highest BCUT2D eigenvalue weighted by Crippen LogP contribution is 2.29. The number of anilines is 1. The molecule has 8 heteroatoms. The third kappa shape index (κ3) is 2.51. The molecular weight excluding hydrogens is 304 g/mol. The summed E-state index contributed by atoms with van der Waals surface area (Å²) in [5, 5.41) is 12.8. The minimum absolute atomic E-state index is 0.387. The molecule has 1 unspecified atom stereocenters. The van der Waals surface area contributed by atoms with Crippen molar-refractivity contribution >= 4 is 11.6 Å². The van der Waals surface area contributed by atoms with E-state index in [0.29, 0.717) is 11.7 Å². The summed E-state index contributed by atoms with van der Waals surface area (Å²) in [5.74, 6) is 3.21. The molecule has 0 N–H and O–H groups in total. The number of piperidine rings is 1. The minimum Gasteiger partial charge on any atom is -0.356 e. The van der Waals surface area contributed by atoms with Crippen LogP contribution >= 0.6 is 0 Å². The third-order valence-electron chi connectivity index (χ3n) is 4.75. The molecule has 4 heterocycles. The zero-order chi connectivity index (χ0) is 16.5. The zero-order valence-corrected chi connectivity index (χ0v) is 14.1. The summed E-state index contributed by atoms with van der Waals surface area (Å²) in [4.78, 5) is 11.2. The Labute approximate surface area is 140 Å². The number of aromatic nitrogens is 7. The number of nitrogens with zero attached hydrogens (tertiary/aromatic N) is 8. The molecule has 1 aliphatic heterocycles. The van der Waals surface area contributed by atoms with Gasteiger partial charge in [0.25, 0.3) is 5.78 Å². The molecule has 0 aliphatic carbocycles. The van der Waals surface area contributed by atoms with E-state index in [9.17, 15) is 0 Å². The molecule has 126 valence electrons. The first-order valence-corrected chi connectivity index (χ1v) is 8.62. The molecule has 0 saturated carbocycles. The Hall–Kier alpha value is -2.51. The van der Waals surface area contributed by atoms with Gasteiger partial charge in [0.2, 0.25) is 0 Å². The van der Waals surface area contributed by atoms with Crippen molar-refractivity contribution in [1.82, 2.24) is 34.3 Å². The summed E-state index contributed by atoms with van der Waals surface area (Å²) in [6.07, 6.45) is 6.55. The van der Waals surface area contributed by atoms with Crippen LogP contribution in [0, 0.1) is 0 Å². The van der Waals surface area contributed by atoms with Gasteiger partial charge in [0.1, 0.15) is 24.3 Å². The van der Waals surface area contributed by atoms with Crippen molar-refractivity contribution in [1.29, 1.82) is 0 Å². The average Bonchev–Trinajstić information content (AvgIpc) is 3.29. The fourth-order valence-electron chi connectivity index (χ4n) is 3.47. The molecule has 0 amide bonds. The highest BCUT2D eigenvalue weighted by atomic mass is 15.4. The van der Waals surface area contributed by atoms with Crippen LogP contribution in [0.1, 0.15) is 44.1 Å². The number of hydrogen-bond acceptors (Lipinski definition) is 6. The monoisotopic (exact) mass is 326 g/mol. The van der Waals surface area contributed by atoms with E-state index in [2.05, 4.69) is 54.6 Å². The molecule has 0 bridgehead atoms. The van der Waals surface area contributed by atoms with E-state index in [4.69, 9.17) is 0 Å². The van der Waals surface area contributed by atoms with Crippen molar-refractivity contribution in [2.75, 3.05) is 18.0 Å². The number of aryl methyl sites for hydroxylation is 2. The molecule has 4 rings (SSSR count). The standard InChI is InChI=1S/C16H22N8/c1-3-13-8-14(24-16(20-13)17-10-19-24)23-7-5-6-12(9-23)15-21-18-11-22(15)4-2/h8,10-12H,3-7,9H2,1-2H3. The van der Waals surface area contributed by atoms with Gasteiger partial charge in [-0.3, -0.25) is 0 Å². The smallest absolute Gasteiger partial charge is 0.254 e. The molecule has 24 heavy (non-hydrogen) atoms. The lowest BCUT2D eigenvalue weighted by Gasteiger charge is -2.33. The number of hydrogen-bond donors (Lipinski definition) is 0. The largest absolute Gasteiger partial charge is 0.356 e. The molecule has 1 saturated heterocycles. The molecular formula is C16H22N8. The van der Waals surface area contributed by atoms with Gasteiger partial charge in [-0.05, 0) is 26.2 Å². The van der Waals surface area contributed by atoms with Crippen molar-refractivity contribution in [2.45, 2.75) is 45.6 Å². The molecule has 0 radical (unpaired) electrons. The Morgan fingerprint density at radius 1 is 1.29 bits per heavy atom. The van der Waals surface area contributed by atoms with Crippen LogP contribution in [0.4, 0.5) is 5.82 Å². The third-order valence-corrected chi connectivity index (χ3v) is 4.75. The molecule has 3 aromatic heterocycles. The quantitative estimate of drug-likeness (QED) is 0.726. The van der Waals surface area contributed by atoms with Gasteiger partial charge in [-0.25, -0.2) is 4.98 Å². The first kappa shape index (κ1) is 15.0. The van der Waals surface area contributed by atoms with Crippen molar-refractivity contribution in [3.8, 4) is 0 Å². The van der Waals surface area contributed by atoms with E-state index < -0.39 is 0 Å². The topological polar surface area (TPSA) is 77.0 Å². The van der Waals surface area contributed by atoms with Crippen molar-refractivity contribution in [3.63, 3.8) is 0 Å². The molecule has 1 aliphatic rings. The van der Waals surface area contributed by atoms with Crippen LogP contribution in [0.2, 0.25) is 0 Å². The summed E-state index contributed by atoms with van der Waals surface area (Å²) in [7, 11) is 0. The summed E-state index contributed by atoms with van der Waals surface area (Å²) >= 11 is 0. The lowest BCUT2D eigenvalue weighted by atomic mass is 9.97. The zero-order valence-electron chi connectivity index (χ0n) is 14.1. The van der Waals surface area contributed by atoms with E-state index in [0.717, 1.165) is 56.2 Å². The van der Waals surface area contributed by atoms with Crippen LogP contribution in [0.5, 0.6) is 0 Å². The summed E-state index contributed by atoms with van der Waals surface area (Å²) in [5.41, 5.74) is 1.05. The maximum atomic E-state index is 4.54. The van der Waals surface area contributed by atoms with Crippen LogP contribution in [-0.4, -0.2) is 47.4 Å². The predicted molar refractivity (Wildman–Crippen MR) is 90.0 cm³/mol. The predicted octanol–water partition coefficient (Wildman–Crippen LogP) is 1.68. The second-order valence-electron chi connectivity index (χ2n) is 6.19. The molecule has 8 nitrogen and oxygen atoms in total. The van der Waals surface area contributed by atoms with Crippen molar-refractivity contribution in [2.24, 2.45) is 0 Å². The Bertz CT molecular complexity index is 836. The number of rotatable bonds is 4. The maximum Gasteiger partial charge on any atom is 0.254 e. The van der Waals surface area contributed by atoms with Crippen LogP contribution in [0.3, 0.4) is 0 Å². The van der Waals surface area contributed by atoms with Crippen molar-refractivity contribution in [3.05, 3.63) is 30.2 Å². The molecule has 0 aromatic carbocycles. The van der Waals surface area contributed by atoms with Gasteiger partial charge in [0.15, 0.2) is 0 Å². The van der Waals surface area contributed by atoms with E-state index in [-0.39, 0.29) is 0 Å². The second kappa shape index (κ2) is 6.18. The second-order valence-corrected chi connectivity index (χ2v) is 6.19. The van der Waals surface area contributed by atoms with Gasteiger partial charge in [0.05, 0.1) is 0 Å². The van der Waals surface area contributed by atoms with Crippen LogP contribution in [0.15, 0.2) is 18.7 Å². The van der Waals surface area contributed by atoms with Crippen molar-refractivity contribution < 1.29 is 0 Å². The first-order valence-electron chi connectivity index (χ1n) is 8.62. The average molecular weight is 326 g/mol. The van der Waals surface area contributed by atoms with Gasteiger partial charge in [-0.1, -0.05) is 6.92 Å². The summed E-state index contributed by atoms with van der Waals surface area (Å²) in [6.45, 7) is 7.08. The maximum absolute atomic E-state index is 4.54. The fourth-order valence-corrected chi connectivity index (χ4v) is 3.47. The summed E-state index contributed by atoms with van der Waals surface area (Å²) in [6, 6.07) is 2.13. The summed E-state index contributed by atoms with van der Waals surface area (Å²) < 4.78 is 3.98. The van der Waals surface area contributed by atoms with Crippen LogP contribution in [-0.2, 0) is 13.0 Å². The van der Waals surface area contributed by atoms with E-state index in [1.54, 1.807) is 6.33 Å². The van der Waals surface area contributed by atoms with Gasteiger partial charge < -0.3 is 9.47 Å². The van der Waals surface area contributed by atoms with Gasteiger partial charge in [-0.2, -0.15) is 14.6 Å². The van der Waals surface area contributed by atoms with Crippen LogP contribution in [0.25, 0.3) is 5.78 Å². The lowest BCUT2D eigenvalue weighted by molar-refractivity contribution is 0.469. The Balaban J connectivity index is 1.68. The van der Waals surface area contributed by atoms with E-state index in [1.807, 2.05) is 10.8 Å². The van der Waals surface area contributed by atoms with E-state index in [1.165, 1.54) is 0 Å². The Morgan fingerprint density at radius 3 is 3.04 bits per heavy atom. The minimum atomic E-state index is 0.387. The van der Waals surface area contributed by atoms with Crippen LogP contribution < -0.4 is 4.90 Å². The highest BCUT2D eigenvalue weighted by molar-refractivity contribution is 5.48. The Morgan fingerprint density at radius 2 is 2.21 bits per heavy atom. The van der Waals surface area contributed by atoms with Gasteiger partial charge in [0, 0.05) is 37.3 Å². The molecule has 0 spiro atoms. The molecule has 1 atom stereocenters. The fraction of sp³-hybridized carbons (Fsp3) is 0.562. The van der Waals surface area contributed by atoms with Gasteiger partial charge >= 0.3 is 0 Å². The molecule has 1 fully saturated rings. The Kier molecular flexibility index (Phi) is 3.87. The van der Waals surface area contributed by atoms with Gasteiger partial charge in [-0.15, -0.1) is 10.2 Å². The normalized spacial score (nSPS) is 18.4. The number of fused-ring (bicyclic) bond motifs is 1. The SMILES string of the molecule is CCc1cc(N2CCCC(c3nncn3CC)C2)n2ncnc2n1. The lowest BCUT2D eigenvalue weighted by Crippen LogP contribution is -2.36. The highest BCUT2D eigenvalue weighted by Gasteiger charge is 2.27. The first-order chi connectivity index (χ1) is 11.8. The van der Waals surface area contributed by atoms with E-state index >= 15 is 0 Å².